The molecule has 3 aromatic heterocycles. The van der Waals surface area contributed by atoms with Crippen LogP contribution in [0.25, 0.3) is 21.9 Å². The van der Waals surface area contributed by atoms with E-state index in [2.05, 4.69) is 30.2 Å². The van der Waals surface area contributed by atoms with Crippen LogP contribution in [0.4, 0.5) is 15.9 Å². The number of nitrogens with one attached hydrogen (secondary N) is 2. The molecule has 2 aliphatic rings. The fourth-order valence-corrected chi connectivity index (χ4v) is 5.33. The Morgan fingerprint density at radius 1 is 1.20 bits per heavy atom. The quantitative estimate of drug-likeness (QED) is 0.341. The Balaban J connectivity index is 1.48. The molecule has 6 rings (SSSR count). The van der Waals surface area contributed by atoms with E-state index in [1.54, 1.807) is 19.4 Å². The van der Waals surface area contributed by atoms with Crippen LogP contribution >= 0.6 is 0 Å². The number of anilines is 2. The highest BCUT2D eigenvalue weighted by molar-refractivity contribution is 6.14. The van der Waals surface area contributed by atoms with Crippen molar-refractivity contribution in [3.05, 3.63) is 36.2 Å². The Bertz CT molecular complexity index is 1430. The Morgan fingerprint density at radius 2 is 1.97 bits per heavy atom. The Morgan fingerprint density at radius 3 is 2.60 bits per heavy atom. The van der Waals surface area contributed by atoms with Gasteiger partial charge in [0.15, 0.2) is 5.75 Å². The zero-order valence-corrected chi connectivity index (χ0v) is 19.8. The molecule has 1 aromatic carbocycles. The summed E-state index contributed by atoms with van der Waals surface area (Å²) in [6.45, 7) is 4.46. The Labute approximate surface area is 201 Å². The molecule has 4 aromatic rings. The molecule has 35 heavy (non-hydrogen) atoms. The Kier molecular flexibility index (Phi) is 4.84. The summed E-state index contributed by atoms with van der Waals surface area (Å²) >= 11 is 0. The molecule has 1 saturated heterocycles. The summed E-state index contributed by atoms with van der Waals surface area (Å²) in [5, 5.41) is 4.54. The number of nitrogens with zero attached hydrogens (tertiary/aromatic N) is 5. The van der Waals surface area contributed by atoms with E-state index in [0.717, 1.165) is 35.7 Å². The number of nitrogens with two attached hydrogens (primary N) is 2. The number of hydrogen-bond donors (Lipinski definition) is 4. The van der Waals surface area contributed by atoms with Gasteiger partial charge in [0.05, 0.1) is 34.5 Å². The predicted molar refractivity (Wildman–Crippen MR) is 132 cm³/mol. The summed E-state index contributed by atoms with van der Waals surface area (Å²) in [5.74, 6) is 1.68. The summed E-state index contributed by atoms with van der Waals surface area (Å²) < 4.78 is 20.5. The first kappa shape index (κ1) is 21.9. The van der Waals surface area contributed by atoms with Gasteiger partial charge in [-0.05, 0) is 44.7 Å². The van der Waals surface area contributed by atoms with Crippen molar-refractivity contribution >= 4 is 33.4 Å². The molecule has 182 valence electrons. The number of ether oxygens (including phenoxy) is 1. The van der Waals surface area contributed by atoms with Crippen LogP contribution in [0, 0.1) is 11.7 Å². The minimum Gasteiger partial charge on any atom is -0.421 e. The van der Waals surface area contributed by atoms with E-state index < -0.39 is 5.54 Å². The molecule has 0 radical (unpaired) electrons. The molecule has 11 heteroatoms. The maximum absolute atomic E-state index is 14.5. The zero-order chi connectivity index (χ0) is 24.5. The number of rotatable bonds is 5. The van der Waals surface area contributed by atoms with Crippen molar-refractivity contribution in [3.63, 3.8) is 0 Å². The summed E-state index contributed by atoms with van der Waals surface area (Å²) in [5.41, 5.74) is 13.7. The standard InChI is InChI=1S/C24H28FN9O/c1-24(2,27)22-29-8-14(9-30-22)35-23-32-20-18(15-5-12(25)6-17(28-3)19(15)31-20)21(33-23)34-10-11-4-13(34)7-16(11)26/h5-6,8-9,11,13,16,28H,4,7,10,26-27H2,1-3H3,(H,31,32,33)/t11-,13?,16-/m1/s1. The first-order valence-corrected chi connectivity index (χ1v) is 11.7. The highest BCUT2D eigenvalue weighted by Crippen LogP contribution is 2.44. The van der Waals surface area contributed by atoms with Gasteiger partial charge in [-0.1, -0.05) is 0 Å². The van der Waals surface area contributed by atoms with E-state index in [1.807, 2.05) is 13.8 Å². The molecule has 6 N–H and O–H groups in total. The molecule has 1 aliphatic heterocycles. The van der Waals surface area contributed by atoms with Gasteiger partial charge in [-0.2, -0.15) is 9.97 Å². The van der Waals surface area contributed by atoms with Crippen molar-refractivity contribution in [1.29, 1.82) is 0 Å². The van der Waals surface area contributed by atoms with Crippen LogP contribution in [0.1, 0.15) is 32.5 Å². The maximum Gasteiger partial charge on any atom is 0.326 e. The normalized spacial score (nSPS) is 21.9. The van der Waals surface area contributed by atoms with Gasteiger partial charge in [0.1, 0.15) is 23.1 Å². The summed E-state index contributed by atoms with van der Waals surface area (Å²) in [7, 11) is 1.76. The lowest BCUT2D eigenvalue weighted by Crippen LogP contribution is -2.41. The van der Waals surface area contributed by atoms with Crippen LogP contribution in [0.15, 0.2) is 24.5 Å². The van der Waals surface area contributed by atoms with E-state index in [4.69, 9.17) is 21.2 Å². The molecule has 4 heterocycles. The van der Waals surface area contributed by atoms with E-state index in [9.17, 15) is 4.39 Å². The largest absolute Gasteiger partial charge is 0.421 e. The van der Waals surface area contributed by atoms with Crippen molar-refractivity contribution in [2.75, 3.05) is 23.8 Å². The molecular weight excluding hydrogens is 449 g/mol. The molecule has 0 amide bonds. The molecule has 1 unspecified atom stereocenters. The van der Waals surface area contributed by atoms with Crippen LogP contribution in [0.3, 0.4) is 0 Å². The lowest BCUT2D eigenvalue weighted by Gasteiger charge is -2.31. The number of fused-ring (bicyclic) bond motifs is 5. The second kappa shape index (κ2) is 7.72. The highest BCUT2D eigenvalue weighted by Gasteiger charge is 2.44. The average molecular weight is 478 g/mol. The molecule has 1 saturated carbocycles. The third-order valence-electron chi connectivity index (χ3n) is 7.04. The van der Waals surface area contributed by atoms with Crippen molar-refractivity contribution < 1.29 is 9.13 Å². The van der Waals surface area contributed by atoms with E-state index in [-0.39, 0.29) is 23.9 Å². The number of aromatic nitrogens is 5. The topological polar surface area (TPSA) is 144 Å². The number of piperidine rings is 1. The fourth-order valence-electron chi connectivity index (χ4n) is 5.33. The first-order valence-electron chi connectivity index (χ1n) is 11.7. The number of H-pyrrole nitrogens is 1. The lowest BCUT2D eigenvalue weighted by atomic mass is 10.0. The van der Waals surface area contributed by atoms with Crippen molar-refractivity contribution in [2.24, 2.45) is 17.4 Å². The Hall–Kier alpha value is -3.57. The molecule has 1 aliphatic carbocycles. The van der Waals surface area contributed by atoms with E-state index >= 15 is 0 Å². The molecule has 3 atom stereocenters. The third kappa shape index (κ3) is 3.62. The predicted octanol–water partition coefficient (Wildman–Crippen LogP) is 2.99. The minimum absolute atomic E-state index is 0.154. The van der Waals surface area contributed by atoms with E-state index in [1.165, 1.54) is 12.1 Å². The number of halogens is 1. The van der Waals surface area contributed by atoms with Gasteiger partial charge in [-0.15, -0.1) is 0 Å². The lowest BCUT2D eigenvalue weighted by molar-refractivity contribution is 0.431. The zero-order valence-electron chi connectivity index (χ0n) is 19.8. The smallest absolute Gasteiger partial charge is 0.326 e. The van der Waals surface area contributed by atoms with Crippen LogP contribution in [0.5, 0.6) is 11.8 Å². The summed E-state index contributed by atoms with van der Waals surface area (Å²) in [4.78, 5) is 23.7. The van der Waals surface area contributed by atoms with Crippen molar-refractivity contribution in [1.82, 2.24) is 24.9 Å². The molecule has 0 spiro atoms. The van der Waals surface area contributed by atoms with Crippen LogP contribution < -0.4 is 26.4 Å². The molecular formula is C24H28FN9O. The maximum atomic E-state index is 14.5. The van der Waals surface area contributed by atoms with E-state index in [0.29, 0.717) is 34.6 Å². The van der Waals surface area contributed by atoms with Crippen molar-refractivity contribution in [3.8, 4) is 11.8 Å². The first-order chi connectivity index (χ1) is 16.7. The van der Waals surface area contributed by atoms with Gasteiger partial charge >= 0.3 is 6.01 Å². The average Bonchev–Trinajstić information content (AvgIpc) is 3.49. The highest BCUT2D eigenvalue weighted by atomic mass is 19.1. The van der Waals surface area contributed by atoms with Gasteiger partial charge in [-0.3, -0.25) is 0 Å². The summed E-state index contributed by atoms with van der Waals surface area (Å²) in [6.07, 6.45) is 5.03. The SMILES string of the molecule is CNc1cc(F)cc2c1[nH]c1nc(Oc3cnc(C(C)(C)N)nc3)nc(N3C[C@H]4CC3C[C@H]4N)c12. The number of hydrogen-bond acceptors (Lipinski definition) is 9. The monoisotopic (exact) mass is 477 g/mol. The number of aromatic amines is 1. The fraction of sp³-hybridized carbons (Fsp3) is 0.417. The van der Waals surface area contributed by atoms with Crippen LogP contribution in [0.2, 0.25) is 0 Å². The summed E-state index contributed by atoms with van der Waals surface area (Å²) in [6, 6.07) is 3.60. The van der Waals surface area contributed by atoms with Crippen LogP contribution in [-0.2, 0) is 5.54 Å². The number of benzene rings is 1. The molecule has 2 bridgehead atoms. The van der Waals surface area contributed by atoms with Gasteiger partial charge in [-0.25, -0.2) is 14.4 Å². The van der Waals surface area contributed by atoms with Gasteiger partial charge in [0, 0.05) is 31.1 Å². The minimum atomic E-state index is -0.665. The van der Waals surface area contributed by atoms with Crippen molar-refractivity contribution in [2.45, 2.75) is 44.3 Å². The van der Waals surface area contributed by atoms with Gasteiger partial charge < -0.3 is 31.4 Å². The van der Waals surface area contributed by atoms with Gasteiger partial charge in [0.2, 0.25) is 0 Å². The van der Waals surface area contributed by atoms with Crippen LogP contribution in [-0.4, -0.2) is 50.6 Å². The van der Waals surface area contributed by atoms with Gasteiger partial charge in [0.25, 0.3) is 0 Å². The second-order valence-corrected chi connectivity index (χ2v) is 10.1. The molecule has 10 nitrogen and oxygen atoms in total. The second-order valence-electron chi connectivity index (χ2n) is 10.1. The molecule has 2 fully saturated rings. The third-order valence-corrected chi connectivity index (χ3v) is 7.04.